The van der Waals surface area contributed by atoms with E-state index in [1.807, 2.05) is 0 Å². The molecule has 21 heavy (non-hydrogen) atoms. The van der Waals surface area contributed by atoms with Gasteiger partial charge in [-0.3, -0.25) is 4.79 Å². The van der Waals surface area contributed by atoms with Crippen LogP contribution < -0.4 is 10.4 Å². The van der Waals surface area contributed by atoms with E-state index in [0.717, 1.165) is 25.3 Å². The lowest BCUT2D eigenvalue weighted by Crippen LogP contribution is -2.43. The Kier molecular flexibility index (Phi) is 3.61. The molecule has 0 heterocycles. The van der Waals surface area contributed by atoms with Crippen LogP contribution in [0.4, 0.5) is 10.1 Å². The number of halogens is 2. The molecule has 1 aromatic rings. The van der Waals surface area contributed by atoms with Crippen molar-refractivity contribution in [1.82, 2.24) is 0 Å². The molecule has 1 aromatic carbocycles. The molecule has 3 rings (SSSR count). The summed E-state index contributed by atoms with van der Waals surface area (Å²) in [6.45, 7) is 0. The first-order chi connectivity index (χ1) is 9.97. The number of hydrogen-bond donors (Lipinski definition) is 1. The Morgan fingerprint density at radius 3 is 2.52 bits per heavy atom. The van der Waals surface area contributed by atoms with Crippen LogP contribution >= 0.6 is 11.6 Å². The van der Waals surface area contributed by atoms with Crippen molar-refractivity contribution in [3.63, 3.8) is 0 Å². The maximum absolute atomic E-state index is 13.1. The lowest BCUT2D eigenvalue weighted by Gasteiger charge is -2.30. The number of amides is 1. The summed E-state index contributed by atoms with van der Waals surface area (Å²) in [5, 5.41) is 13.9. The van der Waals surface area contributed by atoms with Gasteiger partial charge >= 0.3 is 0 Å². The minimum absolute atomic E-state index is 0.0348. The highest BCUT2D eigenvalue weighted by Crippen LogP contribution is 2.52. The summed E-state index contributed by atoms with van der Waals surface area (Å²) in [5.74, 6) is -3.24. The fraction of sp³-hybridized carbons (Fsp3) is 0.467. The Morgan fingerprint density at radius 2 is 1.90 bits per heavy atom. The van der Waals surface area contributed by atoms with Crippen LogP contribution in [0, 0.1) is 29.5 Å². The molecule has 0 saturated heterocycles. The van der Waals surface area contributed by atoms with E-state index in [2.05, 4.69) is 5.32 Å². The third-order valence-electron chi connectivity index (χ3n) is 4.68. The van der Waals surface area contributed by atoms with Crippen LogP contribution in [0.5, 0.6) is 0 Å². The first-order valence-corrected chi connectivity index (χ1v) is 7.32. The molecule has 2 aliphatic carbocycles. The summed E-state index contributed by atoms with van der Waals surface area (Å²) >= 11 is 5.67. The van der Waals surface area contributed by atoms with Crippen molar-refractivity contribution >= 4 is 29.2 Å². The van der Waals surface area contributed by atoms with Gasteiger partial charge in [-0.1, -0.05) is 11.6 Å². The highest BCUT2D eigenvalue weighted by molar-refractivity contribution is 6.31. The van der Waals surface area contributed by atoms with Gasteiger partial charge in [-0.05, 0) is 49.3 Å². The summed E-state index contributed by atoms with van der Waals surface area (Å²) in [4.78, 5) is 23.7. The molecule has 4 atom stereocenters. The predicted molar refractivity (Wildman–Crippen MR) is 72.9 cm³/mol. The zero-order chi connectivity index (χ0) is 15.1. The van der Waals surface area contributed by atoms with Gasteiger partial charge in [-0.15, -0.1) is 0 Å². The number of rotatable bonds is 3. The molecular formula is C15H14ClFNO3-. The van der Waals surface area contributed by atoms with E-state index in [1.165, 1.54) is 12.1 Å². The SMILES string of the molecule is O=C([O-])[C@H]1[C@H]2CC[C@@H](C2)[C@@H]1C(=O)Nc1ccc(F)c(Cl)c1. The average Bonchev–Trinajstić information content (AvgIpc) is 3.03. The Morgan fingerprint density at radius 1 is 1.24 bits per heavy atom. The van der Waals surface area contributed by atoms with E-state index in [-0.39, 0.29) is 22.8 Å². The Hall–Kier alpha value is -1.62. The van der Waals surface area contributed by atoms with Crippen LogP contribution in [0.25, 0.3) is 0 Å². The number of nitrogens with one attached hydrogen (secondary N) is 1. The van der Waals surface area contributed by atoms with E-state index in [9.17, 15) is 19.1 Å². The van der Waals surface area contributed by atoms with E-state index in [1.54, 1.807) is 0 Å². The minimum atomic E-state index is -1.15. The Bertz CT molecular complexity index is 607. The van der Waals surface area contributed by atoms with Crippen LogP contribution in [0.15, 0.2) is 18.2 Å². The Labute approximate surface area is 126 Å². The van der Waals surface area contributed by atoms with E-state index in [4.69, 9.17) is 11.6 Å². The van der Waals surface area contributed by atoms with Crippen LogP contribution in [0.2, 0.25) is 5.02 Å². The van der Waals surface area contributed by atoms with Crippen LogP contribution in [-0.2, 0) is 9.59 Å². The maximum Gasteiger partial charge on any atom is 0.228 e. The second kappa shape index (κ2) is 5.30. The topological polar surface area (TPSA) is 69.2 Å². The largest absolute Gasteiger partial charge is 0.550 e. The molecule has 2 bridgehead atoms. The third-order valence-corrected chi connectivity index (χ3v) is 4.97. The number of anilines is 1. The highest BCUT2D eigenvalue weighted by atomic mass is 35.5. The molecule has 0 radical (unpaired) electrons. The van der Waals surface area contributed by atoms with Crippen molar-refractivity contribution in [2.24, 2.45) is 23.7 Å². The number of carboxylic acids is 1. The lowest BCUT2D eigenvalue weighted by atomic mass is 9.78. The van der Waals surface area contributed by atoms with Crippen molar-refractivity contribution in [1.29, 1.82) is 0 Å². The van der Waals surface area contributed by atoms with E-state index >= 15 is 0 Å². The second-order valence-electron chi connectivity index (χ2n) is 5.82. The molecule has 4 nitrogen and oxygen atoms in total. The standard InChI is InChI=1S/C15H15ClFNO3/c16-10-6-9(3-4-11(10)17)18-14(19)12-7-1-2-8(5-7)13(12)15(20)21/h3-4,6-8,12-13H,1-2,5H2,(H,18,19)(H,20,21)/p-1/t7-,8-,12-,13-/m0/s1. The third kappa shape index (κ3) is 2.50. The average molecular weight is 311 g/mol. The van der Waals surface area contributed by atoms with Gasteiger partial charge < -0.3 is 15.2 Å². The number of hydrogen-bond acceptors (Lipinski definition) is 3. The summed E-state index contributed by atoms with van der Waals surface area (Å²) in [5.41, 5.74) is 0.367. The van der Waals surface area contributed by atoms with Crippen molar-refractivity contribution in [2.45, 2.75) is 19.3 Å². The first kappa shape index (κ1) is 14.3. The van der Waals surface area contributed by atoms with Crippen molar-refractivity contribution in [3.05, 3.63) is 29.0 Å². The van der Waals surface area contributed by atoms with Crippen LogP contribution in [0.1, 0.15) is 19.3 Å². The van der Waals surface area contributed by atoms with Gasteiger partial charge in [0, 0.05) is 23.5 Å². The first-order valence-electron chi connectivity index (χ1n) is 6.94. The monoisotopic (exact) mass is 310 g/mol. The maximum atomic E-state index is 13.1. The zero-order valence-corrected chi connectivity index (χ0v) is 11.9. The smallest absolute Gasteiger partial charge is 0.228 e. The molecule has 6 heteroatoms. The number of carbonyl (C=O) groups excluding carboxylic acids is 2. The molecule has 2 fully saturated rings. The molecule has 0 spiro atoms. The van der Waals surface area contributed by atoms with Gasteiger partial charge in [-0.25, -0.2) is 4.39 Å². The molecule has 2 saturated carbocycles. The highest BCUT2D eigenvalue weighted by Gasteiger charge is 2.51. The molecule has 1 amide bonds. The van der Waals surface area contributed by atoms with Gasteiger partial charge in [0.25, 0.3) is 0 Å². The summed E-state index contributed by atoms with van der Waals surface area (Å²) in [7, 11) is 0. The number of aliphatic carboxylic acids is 1. The normalized spacial score (nSPS) is 30.4. The molecule has 112 valence electrons. The molecule has 1 N–H and O–H groups in total. The number of benzene rings is 1. The second-order valence-corrected chi connectivity index (χ2v) is 6.23. The van der Waals surface area contributed by atoms with E-state index < -0.39 is 23.6 Å². The van der Waals surface area contributed by atoms with Crippen LogP contribution in [-0.4, -0.2) is 11.9 Å². The molecule has 2 aliphatic rings. The zero-order valence-electron chi connectivity index (χ0n) is 11.1. The van der Waals surface area contributed by atoms with Crippen molar-refractivity contribution in [3.8, 4) is 0 Å². The number of carboxylic acid groups (broad SMARTS) is 1. The molecule has 0 unspecified atom stereocenters. The fourth-order valence-electron chi connectivity index (χ4n) is 3.81. The summed E-state index contributed by atoms with van der Waals surface area (Å²) in [6.07, 6.45) is 2.48. The number of fused-ring (bicyclic) bond motifs is 2. The van der Waals surface area contributed by atoms with Gasteiger partial charge in [0.15, 0.2) is 0 Å². The Balaban J connectivity index is 1.78. The molecule has 0 aliphatic heterocycles. The minimum Gasteiger partial charge on any atom is -0.550 e. The van der Waals surface area contributed by atoms with Crippen LogP contribution in [0.3, 0.4) is 0 Å². The molecular weight excluding hydrogens is 297 g/mol. The number of carbonyl (C=O) groups is 2. The van der Waals surface area contributed by atoms with Crippen molar-refractivity contribution in [2.75, 3.05) is 5.32 Å². The van der Waals surface area contributed by atoms with Gasteiger partial charge in [0.05, 0.1) is 5.02 Å². The summed E-state index contributed by atoms with van der Waals surface area (Å²) < 4.78 is 13.1. The van der Waals surface area contributed by atoms with E-state index in [0.29, 0.717) is 5.69 Å². The van der Waals surface area contributed by atoms with Gasteiger partial charge in [0.1, 0.15) is 5.82 Å². The lowest BCUT2D eigenvalue weighted by molar-refractivity contribution is -0.314. The van der Waals surface area contributed by atoms with Crippen molar-refractivity contribution < 1.29 is 19.1 Å². The molecule has 0 aromatic heterocycles. The fourth-order valence-corrected chi connectivity index (χ4v) is 3.99. The summed E-state index contributed by atoms with van der Waals surface area (Å²) in [6, 6.07) is 3.88. The van der Waals surface area contributed by atoms with Gasteiger partial charge in [0.2, 0.25) is 5.91 Å². The quantitative estimate of drug-likeness (QED) is 0.926. The predicted octanol–water partition coefficient (Wildman–Crippen LogP) is 1.83. The van der Waals surface area contributed by atoms with Gasteiger partial charge in [-0.2, -0.15) is 0 Å².